The molecule has 170 valence electrons. The quantitative estimate of drug-likeness (QED) is 0.431. The van der Waals surface area contributed by atoms with Gasteiger partial charge in [-0.3, -0.25) is 4.79 Å². The molecular formula is C27H34N2O3. The number of carbonyl (C=O) groups is 1. The van der Waals surface area contributed by atoms with E-state index in [0.717, 1.165) is 31.7 Å². The summed E-state index contributed by atoms with van der Waals surface area (Å²) in [6.07, 6.45) is 4.65. The Balaban J connectivity index is 1.20. The van der Waals surface area contributed by atoms with Crippen LogP contribution in [0.2, 0.25) is 0 Å². The maximum absolute atomic E-state index is 12.4. The molecule has 1 N–H and O–H groups in total. The van der Waals surface area contributed by atoms with Crippen molar-refractivity contribution in [1.29, 1.82) is 0 Å². The Morgan fingerprint density at radius 2 is 1.72 bits per heavy atom. The third-order valence-electron chi connectivity index (χ3n) is 5.40. The molecule has 2 aromatic rings. The normalized spacial score (nSPS) is 13.4. The summed E-state index contributed by atoms with van der Waals surface area (Å²) in [7, 11) is 0. The number of ether oxygens (including phenoxy) is 2. The van der Waals surface area contributed by atoms with Crippen LogP contribution in [0.15, 0.2) is 54.6 Å². The van der Waals surface area contributed by atoms with Crippen molar-refractivity contribution >= 4 is 5.91 Å². The lowest BCUT2D eigenvalue weighted by atomic mass is 10.1. The Hall–Kier alpha value is -2.65. The number of rotatable bonds is 11. The van der Waals surface area contributed by atoms with Crippen LogP contribution in [-0.2, 0) is 16.0 Å². The molecule has 0 bridgehead atoms. The number of nitrogens with one attached hydrogen (secondary N) is 1. The molecule has 1 heterocycles. The minimum Gasteiger partial charge on any atom is -0.378 e. The van der Waals surface area contributed by atoms with Crippen molar-refractivity contribution in [2.24, 2.45) is 0 Å². The van der Waals surface area contributed by atoms with Gasteiger partial charge in [0.05, 0.1) is 13.2 Å². The van der Waals surface area contributed by atoms with Crippen molar-refractivity contribution in [3.63, 3.8) is 0 Å². The van der Waals surface area contributed by atoms with Crippen molar-refractivity contribution < 1.29 is 14.3 Å². The fourth-order valence-electron chi connectivity index (χ4n) is 3.54. The number of hydrogen-bond acceptors (Lipinski definition) is 4. The first-order valence-corrected chi connectivity index (χ1v) is 11.6. The standard InChI is InChI=1S/C27H34N2O3/c30-27(29-17-21-32-22-18-29)26-14-12-24(13-15-26)11-8-20-31-19-7-2-1-6-16-28-23-25-9-4-3-5-10-25/h3-5,9-10,12-15,28H,1-2,6-7,16-23H2. The van der Waals surface area contributed by atoms with E-state index in [4.69, 9.17) is 9.47 Å². The molecule has 5 heteroatoms. The molecule has 1 aliphatic heterocycles. The third kappa shape index (κ3) is 8.84. The average molecular weight is 435 g/mol. The van der Waals surface area contributed by atoms with Crippen LogP contribution in [0, 0.1) is 11.8 Å². The van der Waals surface area contributed by atoms with Gasteiger partial charge in [-0.05, 0) is 49.2 Å². The van der Waals surface area contributed by atoms with E-state index in [1.807, 2.05) is 35.2 Å². The zero-order valence-electron chi connectivity index (χ0n) is 18.9. The molecule has 32 heavy (non-hydrogen) atoms. The van der Waals surface area contributed by atoms with Gasteiger partial charge in [0, 0.05) is 37.4 Å². The number of amides is 1. The van der Waals surface area contributed by atoms with Crippen LogP contribution >= 0.6 is 0 Å². The second-order valence-corrected chi connectivity index (χ2v) is 7.91. The largest absolute Gasteiger partial charge is 0.378 e. The zero-order chi connectivity index (χ0) is 22.3. The van der Waals surface area contributed by atoms with Crippen LogP contribution < -0.4 is 5.32 Å². The monoisotopic (exact) mass is 434 g/mol. The number of unbranched alkanes of at least 4 members (excludes halogenated alkanes) is 3. The highest BCUT2D eigenvalue weighted by Crippen LogP contribution is 2.09. The van der Waals surface area contributed by atoms with E-state index in [1.54, 1.807) is 0 Å². The number of benzene rings is 2. The van der Waals surface area contributed by atoms with Gasteiger partial charge < -0.3 is 19.7 Å². The number of hydrogen-bond donors (Lipinski definition) is 1. The summed E-state index contributed by atoms with van der Waals surface area (Å²) in [6.45, 7) is 5.72. The van der Waals surface area contributed by atoms with E-state index < -0.39 is 0 Å². The Morgan fingerprint density at radius 1 is 0.969 bits per heavy atom. The van der Waals surface area contributed by atoms with Gasteiger partial charge in [-0.1, -0.05) is 55.0 Å². The molecule has 1 fully saturated rings. The molecule has 0 saturated carbocycles. The smallest absolute Gasteiger partial charge is 0.254 e. The lowest BCUT2D eigenvalue weighted by Crippen LogP contribution is -2.40. The molecule has 1 saturated heterocycles. The van der Waals surface area contributed by atoms with E-state index in [0.29, 0.717) is 38.5 Å². The van der Waals surface area contributed by atoms with Crippen LogP contribution in [0.1, 0.15) is 47.2 Å². The average Bonchev–Trinajstić information content (AvgIpc) is 2.86. The fraction of sp³-hybridized carbons (Fsp3) is 0.444. The summed E-state index contributed by atoms with van der Waals surface area (Å²) in [6, 6.07) is 18.0. The topological polar surface area (TPSA) is 50.8 Å². The van der Waals surface area contributed by atoms with Gasteiger partial charge >= 0.3 is 0 Å². The summed E-state index contributed by atoms with van der Waals surface area (Å²) in [5.41, 5.74) is 2.93. The maximum Gasteiger partial charge on any atom is 0.254 e. The van der Waals surface area contributed by atoms with Crippen molar-refractivity contribution in [1.82, 2.24) is 10.2 Å². The van der Waals surface area contributed by atoms with E-state index in [2.05, 4.69) is 41.4 Å². The molecule has 5 nitrogen and oxygen atoms in total. The van der Waals surface area contributed by atoms with Crippen LogP contribution in [0.5, 0.6) is 0 Å². The van der Waals surface area contributed by atoms with Gasteiger partial charge in [-0.2, -0.15) is 0 Å². The number of nitrogens with zero attached hydrogens (tertiary/aromatic N) is 1. The highest BCUT2D eigenvalue weighted by atomic mass is 16.5. The van der Waals surface area contributed by atoms with Gasteiger partial charge in [0.25, 0.3) is 5.91 Å². The van der Waals surface area contributed by atoms with Crippen LogP contribution in [0.25, 0.3) is 0 Å². The lowest BCUT2D eigenvalue weighted by molar-refractivity contribution is 0.0303. The molecule has 3 rings (SSSR count). The summed E-state index contributed by atoms with van der Waals surface area (Å²) in [4.78, 5) is 14.3. The van der Waals surface area contributed by atoms with Gasteiger partial charge in [0.1, 0.15) is 6.61 Å². The second-order valence-electron chi connectivity index (χ2n) is 7.91. The first kappa shape index (κ1) is 24.0. The van der Waals surface area contributed by atoms with Crippen LogP contribution in [0.3, 0.4) is 0 Å². The Morgan fingerprint density at radius 3 is 2.50 bits per heavy atom. The predicted octanol–water partition coefficient (Wildman–Crippen LogP) is 3.88. The molecule has 1 aliphatic rings. The van der Waals surface area contributed by atoms with E-state index in [-0.39, 0.29) is 5.91 Å². The summed E-state index contributed by atoms with van der Waals surface area (Å²) < 4.78 is 10.9. The summed E-state index contributed by atoms with van der Waals surface area (Å²) in [5.74, 6) is 6.21. The molecule has 0 atom stereocenters. The predicted molar refractivity (Wildman–Crippen MR) is 127 cm³/mol. The van der Waals surface area contributed by atoms with Crippen molar-refractivity contribution in [2.45, 2.75) is 32.2 Å². The molecule has 1 amide bonds. The van der Waals surface area contributed by atoms with Crippen molar-refractivity contribution in [2.75, 3.05) is 46.1 Å². The Bertz CT molecular complexity index is 850. The van der Waals surface area contributed by atoms with Gasteiger partial charge in [-0.15, -0.1) is 0 Å². The lowest BCUT2D eigenvalue weighted by Gasteiger charge is -2.26. The fourth-order valence-corrected chi connectivity index (χ4v) is 3.54. The second kappa shape index (κ2) is 14.4. The highest BCUT2D eigenvalue weighted by Gasteiger charge is 2.17. The van der Waals surface area contributed by atoms with E-state index in [1.165, 1.54) is 24.8 Å². The van der Waals surface area contributed by atoms with Crippen LogP contribution in [-0.4, -0.2) is 56.9 Å². The number of carbonyl (C=O) groups excluding carboxylic acids is 1. The zero-order valence-corrected chi connectivity index (χ0v) is 18.9. The molecule has 0 aromatic heterocycles. The molecule has 0 aliphatic carbocycles. The van der Waals surface area contributed by atoms with Crippen molar-refractivity contribution in [3.05, 3.63) is 71.3 Å². The van der Waals surface area contributed by atoms with E-state index in [9.17, 15) is 4.79 Å². The van der Waals surface area contributed by atoms with Crippen LogP contribution in [0.4, 0.5) is 0 Å². The SMILES string of the molecule is O=C(c1ccc(C#CCOCCCCCCNCc2ccccc2)cc1)N1CCOCC1. The molecule has 0 unspecified atom stereocenters. The first-order valence-electron chi connectivity index (χ1n) is 11.6. The maximum atomic E-state index is 12.4. The molecular weight excluding hydrogens is 400 g/mol. The number of morpholine rings is 1. The molecule has 0 spiro atoms. The first-order chi connectivity index (χ1) is 15.8. The molecule has 2 aromatic carbocycles. The van der Waals surface area contributed by atoms with Gasteiger partial charge in [-0.25, -0.2) is 0 Å². The Kier molecular flexibility index (Phi) is 10.8. The van der Waals surface area contributed by atoms with E-state index >= 15 is 0 Å². The van der Waals surface area contributed by atoms with Gasteiger partial charge in [0.2, 0.25) is 0 Å². The summed E-state index contributed by atoms with van der Waals surface area (Å²) >= 11 is 0. The third-order valence-corrected chi connectivity index (χ3v) is 5.40. The highest BCUT2D eigenvalue weighted by molar-refractivity contribution is 5.94. The summed E-state index contributed by atoms with van der Waals surface area (Å²) in [5, 5.41) is 3.49. The minimum atomic E-state index is 0.0584. The molecule has 0 radical (unpaired) electrons. The van der Waals surface area contributed by atoms with Crippen molar-refractivity contribution in [3.8, 4) is 11.8 Å². The van der Waals surface area contributed by atoms with Gasteiger partial charge in [0.15, 0.2) is 0 Å². The Labute approximate surface area is 192 Å². The minimum absolute atomic E-state index is 0.0584.